The Morgan fingerprint density at radius 1 is 1.16 bits per heavy atom. The molecule has 4 nitrogen and oxygen atoms in total. The molecule has 1 aromatic carbocycles. The fraction of sp³-hybridized carbons (Fsp3) is 0.533. The largest absolute Gasteiger partial charge is 0.337 e. The average molecular weight is 261 g/mol. The Morgan fingerprint density at radius 3 is 2.32 bits per heavy atom. The standard InChI is InChI=1S/C14H18N2O.CH5N/c1-15-8-7-14(9-15)10-16(11-14)13(17)12-5-3-2-4-6-12;1-2/h2-6H,7-11H2,1H3;2H2,1H3. The van der Waals surface area contributed by atoms with E-state index in [1.54, 1.807) is 0 Å². The summed E-state index contributed by atoms with van der Waals surface area (Å²) in [6.45, 7) is 4.19. The number of likely N-dealkylation sites (tertiary alicyclic amines) is 2. The third kappa shape index (κ3) is 2.80. The first-order valence-electron chi connectivity index (χ1n) is 6.79. The zero-order valence-electron chi connectivity index (χ0n) is 11.8. The Bertz CT molecular complexity index is 426. The number of hydrogen-bond acceptors (Lipinski definition) is 3. The van der Waals surface area contributed by atoms with Crippen LogP contribution < -0.4 is 5.73 Å². The summed E-state index contributed by atoms with van der Waals surface area (Å²) in [4.78, 5) is 16.5. The lowest BCUT2D eigenvalue weighted by Crippen LogP contribution is -2.59. The molecule has 1 amide bonds. The number of rotatable bonds is 1. The number of carbonyl (C=O) groups is 1. The van der Waals surface area contributed by atoms with E-state index < -0.39 is 0 Å². The van der Waals surface area contributed by atoms with E-state index in [2.05, 4.69) is 17.7 Å². The first-order valence-corrected chi connectivity index (χ1v) is 6.79. The van der Waals surface area contributed by atoms with Gasteiger partial charge in [0.05, 0.1) is 0 Å². The summed E-state index contributed by atoms with van der Waals surface area (Å²) in [5.41, 5.74) is 5.72. The third-order valence-corrected chi connectivity index (χ3v) is 3.99. The van der Waals surface area contributed by atoms with E-state index in [-0.39, 0.29) is 5.91 Å². The smallest absolute Gasteiger partial charge is 0.253 e. The molecule has 0 saturated carbocycles. The summed E-state index contributed by atoms with van der Waals surface area (Å²) in [5, 5.41) is 0. The monoisotopic (exact) mass is 261 g/mol. The van der Waals surface area contributed by atoms with Gasteiger partial charge in [0, 0.05) is 30.6 Å². The number of hydrogen-bond donors (Lipinski definition) is 1. The molecular formula is C15H23N3O. The maximum Gasteiger partial charge on any atom is 0.253 e. The maximum absolute atomic E-state index is 12.2. The first kappa shape index (κ1) is 14.0. The van der Waals surface area contributed by atoms with Crippen molar-refractivity contribution in [1.82, 2.24) is 9.80 Å². The normalized spacial score (nSPS) is 20.7. The molecule has 0 unspecified atom stereocenters. The van der Waals surface area contributed by atoms with Gasteiger partial charge < -0.3 is 15.5 Å². The van der Waals surface area contributed by atoms with Crippen LogP contribution in [0.15, 0.2) is 30.3 Å². The molecule has 2 saturated heterocycles. The van der Waals surface area contributed by atoms with Crippen molar-refractivity contribution in [1.29, 1.82) is 0 Å². The van der Waals surface area contributed by atoms with Gasteiger partial charge in [-0.1, -0.05) is 18.2 Å². The summed E-state index contributed by atoms with van der Waals surface area (Å²) in [7, 11) is 3.66. The number of benzene rings is 1. The highest BCUT2D eigenvalue weighted by atomic mass is 16.2. The van der Waals surface area contributed by atoms with Crippen LogP contribution in [-0.4, -0.2) is 56.0 Å². The Labute approximate surface area is 115 Å². The fourth-order valence-electron chi connectivity index (χ4n) is 3.09. The van der Waals surface area contributed by atoms with Gasteiger partial charge in [-0.2, -0.15) is 0 Å². The van der Waals surface area contributed by atoms with Crippen LogP contribution in [0, 0.1) is 5.41 Å². The number of carbonyl (C=O) groups excluding carboxylic acids is 1. The molecule has 2 heterocycles. The minimum Gasteiger partial charge on any atom is -0.337 e. The van der Waals surface area contributed by atoms with Gasteiger partial charge in [-0.3, -0.25) is 4.79 Å². The summed E-state index contributed by atoms with van der Waals surface area (Å²) in [6.07, 6.45) is 1.24. The SMILES string of the molecule is CN.CN1CCC2(C1)CN(C(=O)c1ccccc1)C2. The van der Waals surface area contributed by atoms with Crippen LogP contribution in [0.1, 0.15) is 16.8 Å². The van der Waals surface area contributed by atoms with Gasteiger partial charge in [0.1, 0.15) is 0 Å². The Hall–Kier alpha value is -1.39. The van der Waals surface area contributed by atoms with Crippen LogP contribution in [0.5, 0.6) is 0 Å². The van der Waals surface area contributed by atoms with Crippen LogP contribution in [-0.2, 0) is 0 Å². The maximum atomic E-state index is 12.2. The zero-order chi connectivity index (χ0) is 13.9. The summed E-state index contributed by atoms with van der Waals surface area (Å²) >= 11 is 0. The second-order valence-electron chi connectivity index (χ2n) is 5.52. The first-order chi connectivity index (χ1) is 9.19. The molecule has 0 atom stereocenters. The van der Waals surface area contributed by atoms with Crippen molar-refractivity contribution in [3.63, 3.8) is 0 Å². The number of nitrogens with zero attached hydrogens (tertiary/aromatic N) is 2. The molecule has 2 N–H and O–H groups in total. The molecule has 0 radical (unpaired) electrons. The van der Waals surface area contributed by atoms with Crippen LogP contribution in [0.2, 0.25) is 0 Å². The van der Waals surface area contributed by atoms with Crippen molar-refractivity contribution in [2.45, 2.75) is 6.42 Å². The van der Waals surface area contributed by atoms with E-state index in [4.69, 9.17) is 0 Å². The van der Waals surface area contributed by atoms with Crippen LogP contribution in [0.25, 0.3) is 0 Å². The van der Waals surface area contributed by atoms with Crippen molar-refractivity contribution >= 4 is 5.91 Å². The topological polar surface area (TPSA) is 49.6 Å². The Balaban J connectivity index is 0.000000637. The van der Waals surface area contributed by atoms with Crippen LogP contribution >= 0.6 is 0 Å². The van der Waals surface area contributed by atoms with Gasteiger partial charge in [-0.05, 0) is 39.2 Å². The second kappa shape index (κ2) is 5.72. The lowest BCUT2D eigenvalue weighted by atomic mass is 9.79. The van der Waals surface area contributed by atoms with Crippen molar-refractivity contribution in [3.8, 4) is 0 Å². The molecule has 0 aromatic heterocycles. The molecule has 1 aromatic rings. The van der Waals surface area contributed by atoms with E-state index in [0.717, 1.165) is 25.2 Å². The molecule has 2 aliphatic heterocycles. The number of nitrogens with two attached hydrogens (primary N) is 1. The molecule has 0 bridgehead atoms. The van der Waals surface area contributed by atoms with Crippen LogP contribution in [0.3, 0.4) is 0 Å². The highest BCUT2D eigenvalue weighted by Gasteiger charge is 2.48. The predicted octanol–water partition coefficient (Wildman–Crippen LogP) is 1.04. The summed E-state index contributed by atoms with van der Waals surface area (Å²) in [6, 6.07) is 9.58. The van der Waals surface area contributed by atoms with Gasteiger partial charge in [-0.25, -0.2) is 0 Å². The molecule has 2 fully saturated rings. The number of amides is 1. The molecule has 0 aliphatic carbocycles. The molecule has 3 rings (SSSR count). The van der Waals surface area contributed by atoms with Gasteiger partial charge >= 0.3 is 0 Å². The lowest BCUT2D eigenvalue weighted by molar-refractivity contribution is 0.0118. The van der Waals surface area contributed by atoms with E-state index in [1.807, 2.05) is 35.2 Å². The Morgan fingerprint density at radius 2 is 1.79 bits per heavy atom. The second-order valence-corrected chi connectivity index (χ2v) is 5.52. The summed E-state index contributed by atoms with van der Waals surface area (Å²) < 4.78 is 0. The third-order valence-electron chi connectivity index (χ3n) is 3.99. The fourth-order valence-corrected chi connectivity index (χ4v) is 3.09. The average Bonchev–Trinajstić information content (AvgIpc) is 2.82. The van der Waals surface area contributed by atoms with E-state index in [1.165, 1.54) is 20.0 Å². The highest BCUT2D eigenvalue weighted by Crippen LogP contribution is 2.39. The molecular weight excluding hydrogens is 238 g/mol. The molecule has 1 spiro atoms. The predicted molar refractivity (Wildman–Crippen MR) is 77.0 cm³/mol. The lowest BCUT2D eigenvalue weighted by Gasteiger charge is -2.48. The van der Waals surface area contributed by atoms with Crippen molar-refractivity contribution in [2.24, 2.45) is 11.1 Å². The molecule has 2 aliphatic rings. The van der Waals surface area contributed by atoms with Gasteiger partial charge in [-0.15, -0.1) is 0 Å². The van der Waals surface area contributed by atoms with E-state index in [0.29, 0.717) is 5.41 Å². The zero-order valence-corrected chi connectivity index (χ0v) is 11.8. The van der Waals surface area contributed by atoms with Crippen molar-refractivity contribution in [2.75, 3.05) is 40.3 Å². The van der Waals surface area contributed by atoms with Gasteiger partial charge in [0.25, 0.3) is 5.91 Å². The molecule has 4 heteroatoms. The molecule has 19 heavy (non-hydrogen) atoms. The minimum absolute atomic E-state index is 0.186. The van der Waals surface area contributed by atoms with Crippen molar-refractivity contribution < 1.29 is 4.79 Å². The minimum atomic E-state index is 0.186. The highest BCUT2D eigenvalue weighted by molar-refractivity contribution is 5.94. The Kier molecular flexibility index (Phi) is 4.22. The van der Waals surface area contributed by atoms with Gasteiger partial charge in [0.2, 0.25) is 0 Å². The molecule has 104 valence electrons. The van der Waals surface area contributed by atoms with Crippen LogP contribution in [0.4, 0.5) is 0 Å². The van der Waals surface area contributed by atoms with Crippen molar-refractivity contribution in [3.05, 3.63) is 35.9 Å². The van der Waals surface area contributed by atoms with E-state index in [9.17, 15) is 4.79 Å². The summed E-state index contributed by atoms with van der Waals surface area (Å²) in [5.74, 6) is 0.186. The van der Waals surface area contributed by atoms with Gasteiger partial charge in [0.15, 0.2) is 0 Å². The van der Waals surface area contributed by atoms with E-state index >= 15 is 0 Å². The quantitative estimate of drug-likeness (QED) is 0.822.